The average molecular weight is 435 g/mol. The molecule has 0 amide bonds. The Morgan fingerprint density at radius 2 is 1.90 bits per heavy atom. The van der Waals surface area contributed by atoms with Crippen LogP contribution in [0.1, 0.15) is 51.4 Å². The number of tetrazole rings is 1. The lowest BCUT2D eigenvalue weighted by Gasteiger charge is -2.48. The van der Waals surface area contributed by atoms with Crippen molar-refractivity contribution < 1.29 is 20.1 Å². The fourth-order valence-electron chi connectivity index (χ4n) is 3.84. The molecule has 1 aliphatic heterocycles. The smallest absolute Gasteiger partial charge is 0.307 e. The first kappa shape index (κ1) is 24.7. The second kappa shape index (κ2) is 11.1. The van der Waals surface area contributed by atoms with Gasteiger partial charge in [0.1, 0.15) is 5.82 Å². The number of hydrogen-bond acceptors (Lipinski definition) is 8. The summed E-state index contributed by atoms with van der Waals surface area (Å²) in [6, 6.07) is 3.79. The van der Waals surface area contributed by atoms with Crippen LogP contribution in [-0.4, -0.2) is 73.2 Å². The molecule has 1 saturated heterocycles. The van der Waals surface area contributed by atoms with E-state index in [-0.39, 0.29) is 19.1 Å². The van der Waals surface area contributed by atoms with E-state index in [4.69, 9.17) is 0 Å². The van der Waals surface area contributed by atoms with E-state index in [0.29, 0.717) is 31.8 Å². The van der Waals surface area contributed by atoms with E-state index in [1.54, 1.807) is 6.20 Å². The second-order valence-corrected chi connectivity index (χ2v) is 8.35. The summed E-state index contributed by atoms with van der Waals surface area (Å²) in [5, 5.41) is 42.7. The van der Waals surface area contributed by atoms with Gasteiger partial charge in [-0.2, -0.15) is 5.21 Å². The minimum atomic E-state index is -0.872. The molecule has 2 atom stereocenters. The van der Waals surface area contributed by atoms with Gasteiger partial charge in [-0.25, -0.2) is 4.98 Å². The topological polar surface area (TPSA) is 148 Å². The van der Waals surface area contributed by atoms with E-state index in [2.05, 4.69) is 25.6 Å². The van der Waals surface area contributed by atoms with E-state index in [0.717, 1.165) is 11.4 Å². The van der Waals surface area contributed by atoms with Gasteiger partial charge in [0.25, 0.3) is 0 Å². The van der Waals surface area contributed by atoms with Gasteiger partial charge >= 0.3 is 5.97 Å². The summed E-state index contributed by atoms with van der Waals surface area (Å²) in [6.07, 6.45) is 2.68. The highest BCUT2D eigenvalue weighted by Gasteiger charge is 2.42. The van der Waals surface area contributed by atoms with Gasteiger partial charge in [0.2, 0.25) is 0 Å². The number of aromatic nitrogens is 5. The largest absolute Gasteiger partial charge is 0.481 e. The highest BCUT2D eigenvalue weighted by molar-refractivity contribution is 5.71. The number of carboxylic acid groups (broad SMARTS) is 1. The van der Waals surface area contributed by atoms with Crippen molar-refractivity contribution in [1.82, 2.24) is 25.6 Å². The maximum atomic E-state index is 11.9. The molecular formula is C21H34N6O4. The number of carbonyl (C=O) groups is 1. The number of aliphatic carboxylic acids is 1. The Balaban J connectivity index is 0.00000166. The lowest BCUT2D eigenvalue weighted by Crippen LogP contribution is -2.60. The SMILES string of the molecule is CC.CC(C)C[C@H](C(=O)O)[C@H](Cc1ccc(N2CC(CO)(CO)C2)nc1)c1nn[nH]n1. The Morgan fingerprint density at radius 3 is 2.35 bits per heavy atom. The van der Waals surface area contributed by atoms with Gasteiger partial charge in [0.15, 0.2) is 5.82 Å². The molecule has 2 aromatic rings. The summed E-state index contributed by atoms with van der Waals surface area (Å²) in [6.45, 7) is 8.96. The third kappa shape index (κ3) is 5.98. The summed E-state index contributed by atoms with van der Waals surface area (Å²) in [4.78, 5) is 18.4. The molecule has 0 aromatic carbocycles. The normalized spacial score (nSPS) is 16.8. The van der Waals surface area contributed by atoms with Gasteiger partial charge in [0, 0.05) is 25.2 Å². The predicted octanol–water partition coefficient (Wildman–Crippen LogP) is 1.49. The molecule has 2 aromatic heterocycles. The molecule has 0 saturated carbocycles. The molecule has 4 N–H and O–H groups in total. The minimum Gasteiger partial charge on any atom is -0.481 e. The highest BCUT2D eigenvalue weighted by atomic mass is 16.4. The monoisotopic (exact) mass is 434 g/mol. The number of aromatic amines is 1. The van der Waals surface area contributed by atoms with Crippen molar-refractivity contribution in [3.8, 4) is 0 Å². The number of nitrogens with one attached hydrogen (secondary N) is 1. The van der Waals surface area contributed by atoms with Crippen LogP contribution in [0.2, 0.25) is 0 Å². The van der Waals surface area contributed by atoms with Crippen LogP contribution in [0.4, 0.5) is 5.82 Å². The number of aliphatic hydroxyl groups is 2. The standard InChI is InChI=1S/C19H28N6O4.C2H6/c1-12(2)5-15(18(28)29)14(17-21-23-24-22-17)6-13-3-4-16(20-7-13)25-8-19(9-25,10-26)11-27;1-2/h3-4,7,12,14-15,26-27H,5-6,8-11H2,1-2H3,(H,28,29)(H,21,22,23,24);1-2H3/t14-,15-;/m0./s1. The van der Waals surface area contributed by atoms with Crippen molar-refractivity contribution in [1.29, 1.82) is 0 Å². The molecule has 1 fully saturated rings. The first-order chi connectivity index (χ1) is 14.9. The fourth-order valence-corrected chi connectivity index (χ4v) is 3.84. The lowest BCUT2D eigenvalue weighted by atomic mass is 9.81. The summed E-state index contributed by atoms with van der Waals surface area (Å²) < 4.78 is 0. The van der Waals surface area contributed by atoms with Gasteiger partial charge in [-0.3, -0.25) is 4.79 Å². The first-order valence-corrected chi connectivity index (χ1v) is 10.7. The number of hydrogen-bond donors (Lipinski definition) is 4. The maximum absolute atomic E-state index is 11.9. The average Bonchev–Trinajstić information content (AvgIpc) is 3.27. The van der Waals surface area contributed by atoms with E-state index >= 15 is 0 Å². The number of pyridine rings is 1. The van der Waals surface area contributed by atoms with E-state index < -0.39 is 23.2 Å². The van der Waals surface area contributed by atoms with Gasteiger partial charge in [-0.15, -0.1) is 10.2 Å². The fraction of sp³-hybridized carbons (Fsp3) is 0.667. The van der Waals surface area contributed by atoms with E-state index in [1.807, 2.05) is 44.7 Å². The second-order valence-electron chi connectivity index (χ2n) is 8.35. The third-order valence-corrected chi connectivity index (χ3v) is 5.53. The van der Waals surface area contributed by atoms with Crippen molar-refractivity contribution in [2.75, 3.05) is 31.2 Å². The maximum Gasteiger partial charge on any atom is 0.307 e. The van der Waals surface area contributed by atoms with E-state index in [1.165, 1.54) is 0 Å². The zero-order valence-corrected chi connectivity index (χ0v) is 18.7. The van der Waals surface area contributed by atoms with Gasteiger partial charge in [-0.1, -0.05) is 39.0 Å². The van der Waals surface area contributed by atoms with Crippen molar-refractivity contribution in [2.45, 2.75) is 46.5 Å². The van der Waals surface area contributed by atoms with Crippen molar-refractivity contribution in [3.05, 3.63) is 29.7 Å². The quantitative estimate of drug-likeness (QED) is 0.436. The predicted molar refractivity (Wildman–Crippen MR) is 116 cm³/mol. The first-order valence-electron chi connectivity index (χ1n) is 10.7. The number of H-pyrrole nitrogens is 1. The third-order valence-electron chi connectivity index (χ3n) is 5.53. The van der Waals surface area contributed by atoms with Crippen LogP contribution in [0, 0.1) is 17.3 Å². The molecule has 0 aliphatic carbocycles. The Bertz CT molecular complexity index is 785. The Labute approximate surface area is 182 Å². The van der Waals surface area contributed by atoms with Crippen LogP contribution < -0.4 is 4.90 Å². The number of anilines is 1. The number of aliphatic hydroxyl groups excluding tert-OH is 2. The molecule has 3 heterocycles. The highest BCUT2D eigenvalue weighted by Crippen LogP contribution is 2.34. The van der Waals surface area contributed by atoms with Crippen LogP contribution in [0.5, 0.6) is 0 Å². The van der Waals surface area contributed by atoms with Crippen LogP contribution in [0.15, 0.2) is 18.3 Å². The van der Waals surface area contributed by atoms with Crippen LogP contribution in [0.3, 0.4) is 0 Å². The van der Waals surface area contributed by atoms with Crippen LogP contribution >= 0.6 is 0 Å². The molecule has 0 spiro atoms. The summed E-state index contributed by atoms with van der Waals surface area (Å²) in [5.41, 5.74) is 0.421. The molecule has 1 aliphatic rings. The number of rotatable bonds is 10. The zero-order chi connectivity index (χ0) is 23.0. The van der Waals surface area contributed by atoms with Crippen molar-refractivity contribution in [2.24, 2.45) is 17.3 Å². The van der Waals surface area contributed by atoms with Crippen LogP contribution in [0.25, 0.3) is 0 Å². The summed E-state index contributed by atoms with van der Waals surface area (Å²) >= 11 is 0. The van der Waals surface area contributed by atoms with Crippen LogP contribution in [-0.2, 0) is 11.2 Å². The molecule has 0 unspecified atom stereocenters. The Hall–Kier alpha value is -2.59. The Morgan fingerprint density at radius 1 is 1.23 bits per heavy atom. The van der Waals surface area contributed by atoms with Gasteiger partial charge < -0.3 is 20.2 Å². The van der Waals surface area contributed by atoms with E-state index in [9.17, 15) is 20.1 Å². The molecule has 172 valence electrons. The molecule has 3 rings (SSSR count). The zero-order valence-electron chi connectivity index (χ0n) is 18.7. The molecular weight excluding hydrogens is 400 g/mol. The molecule has 10 heteroatoms. The lowest BCUT2D eigenvalue weighted by molar-refractivity contribution is -0.143. The minimum absolute atomic E-state index is 0.0586. The molecule has 31 heavy (non-hydrogen) atoms. The summed E-state index contributed by atoms with van der Waals surface area (Å²) in [5.74, 6) is -0.544. The van der Waals surface area contributed by atoms with Gasteiger partial charge in [0.05, 0.1) is 24.5 Å². The van der Waals surface area contributed by atoms with Crippen molar-refractivity contribution in [3.63, 3.8) is 0 Å². The van der Waals surface area contributed by atoms with Crippen molar-refractivity contribution >= 4 is 11.8 Å². The molecule has 0 radical (unpaired) electrons. The Kier molecular flexibility index (Phi) is 8.88. The molecule has 10 nitrogen and oxygen atoms in total. The number of nitrogens with zero attached hydrogens (tertiary/aromatic N) is 5. The summed E-state index contributed by atoms with van der Waals surface area (Å²) in [7, 11) is 0. The van der Waals surface area contributed by atoms with Gasteiger partial charge in [-0.05, 0) is 30.4 Å². The number of carboxylic acids is 1. The molecule has 0 bridgehead atoms.